The summed E-state index contributed by atoms with van der Waals surface area (Å²) < 4.78 is 10.6. The molecule has 3 rings (SSSR count). The first kappa shape index (κ1) is 14.5. The average Bonchev–Trinajstić information content (AvgIpc) is 3.15. The van der Waals surface area contributed by atoms with Crippen molar-refractivity contribution in [3.8, 4) is 0 Å². The molecule has 1 aliphatic carbocycles. The van der Waals surface area contributed by atoms with Gasteiger partial charge in [0.25, 0.3) is 5.91 Å². The minimum absolute atomic E-state index is 0.139. The average molecular weight is 293 g/mol. The fourth-order valence-electron chi connectivity index (χ4n) is 2.68. The van der Waals surface area contributed by atoms with Gasteiger partial charge in [-0.1, -0.05) is 18.0 Å². The molecule has 1 aromatic rings. The largest absolute Gasteiger partial charge is 0.379 e. The van der Waals surface area contributed by atoms with Crippen LogP contribution in [0, 0.1) is 5.92 Å². The number of nitrogens with zero attached hydrogens (tertiary/aromatic N) is 2. The summed E-state index contributed by atoms with van der Waals surface area (Å²) in [5.41, 5.74) is 0.376. The summed E-state index contributed by atoms with van der Waals surface area (Å²) in [7, 11) is 0. The first-order valence-corrected chi connectivity index (χ1v) is 7.77. The van der Waals surface area contributed by atoms with E-state index in [0.29, 0.717) is 12.2 Å². The molecule has 1 saturated heterocycles. The van der Waals surface area contributed by atoms with Crippen molar-refractivity contribution in [1.82, 2.24) is 15.4 Å². The molecule has 0 aromatic carbocycles. The molecule has 1 aromatic heterocycles. The predicted molar refractivity (Wildman–Crippen MR) is 76.9 cm³/mol. The second-order valence-electron chi connectivity index (χ2n) is 6.12. The van der Waals surface area contributed by atoms with E-state index in [0.717, 1.165) is 44.4 Å². The quantitative estimate of drug-likeness (QED) is 0.859. The Bertz CT molecular complexity index is 478. The van der Waals surface area contributed by atoms with E-state index in [1.54, 1.807) is 6.07 Å². The molecule has 2 aliphatic rings. The molecular formula is C15H23N3O3. The highest BCUT2D eigenvalue weighted by molar-refractivity contribution is 5.92. The maximum atomic E-state index is 12.1. The molecule has 1 N–H and O–H groups in total. The lowest BCUT2D eigenvalue weighted by atomic mass is 10.1. The van der Waals surface area contributed by atoms with Crippen LogP contribution in [0.5, 0.6) is 0 Å². The second kappa shape index (κ2) is 6.58. The van der Waals surface area contributed by atoms with E-state index in [1.165, 1.54) is 12.8 Å². The SMILES string of the molecule is C[C@H](CC1CC1)NC(=O)c1cc(CN2CCOCC2)on1. The third kappa shape index (κ3) is 4.28. The smallest absolute Gasteiger partial charge is 0.273 e. The van der Waals surface area contributed by atoms with Crippen LogP contribution in [0.3, 0.4) is 0 Å². The fraction of sp³-hybridized carbons (Fsp3) is 0.733. The molecule has 2 heterocycles. The van der Waals surface area contributed by atoms with Crippen LogP contribution in [0.2, 0.25) is 0 Å². The monoisotopic (exact) mass is 293 g/mol. The van der Waals surface area contributed by atoms with E-state index in [2.05, 4.69) is 15.4 Å². The van der Waals surface area contributed by atoms with E-state index in [-0.39, 0.29) is 11.9 Å². The van der Waals surface area contributed by atoms with Gasteiger partial charge in [0.2, 0.25) is 0 Å². The molecule has 6 nitrogen and oxygen atoms in total. The minimum atomic E-state index is -0.139. The number of rotatable bonds is 6. The Balaban J connectivity index is 1.49. The Labute approximate surface area is 124 Å². The maximum Gasteiger partial charge on any atom is 0.273 e. The molecule has 1 atom stereocenters. The van der Waals surface area contributed by atoms with Gasteiger partial charge in [-0.15, -0.1) is 0 Å². The van der Waals surface area contributed by atoms with Crippen molar-refractivity contribution in [3.05, 3.63) is 17.5 Å². The molecule has 1 amide bonds. The molecule has 21 heavy (non-hydrogen) atoms. The summed E-state index contributed by atoms with van der Waals surface area (Å²) >= 11 is 0. The number of aromatic nitrogens is 1. The van der Waals surface area contributed by atoms with Gasteiger partial charge in [0.05, 0.1) is 19.8 Å². The zero-order valence-electron chi connectivity index (χ0n) is 12.5. The van der Waals surface area contributed by atoms with E-state index in [4.69, 9.17) is 9.26 Å². The van der Waals surface area contributed by atoms with Crippen molar-refractivity contribution in [2.45, 2.75) is 38.8 Å². The highest BCUT2D eigenvalue weighted by Gasteiger charge is 2.25. The Kier molecular flexibility index (Phi) is 4.55. The number of hydrogen-bond acceptors (Lipinski definition) is 5. The van der Waals surface area contributed by atoms with Gasteiger partial charge in [0, 0.05) is 25.2 Å². The summed E-state index contributed by atoms with van der Waals surface area (Å²) in [6, 6.07) is 1.94. The lowest BCUT2D eigenvalue weighted by Crippen LogP contribution is -2.35. The fourth-order valence-corrected chi connectivity index (χ4v) is 2.68. The lowest BCUT2D eigenvalue weighted by molar-refractivity contribution is 0.0305. The number of carbonyl (C=O) groups excluding carboxylic acids is 1. The molecule has 116 valence electrons. The van der Waals surface area contributed by atoms with E-state index >= 15 is 0 Å². The molecule has 0 radical (unpaired) electrons. The third-order valence-corrected chi connectivity index (χ3v) is 4.04. The Morgan fingerprint density at radius 2 is 2.24 bits per heavy atom. The second-order valence-corrected chi connectivity index (χ2v) is 6.12. The van der Waals surface area contributed by atoms with Crippen LogP contribution in [0.4, 0.5) is 0 Å². The summed E-state index contributed by atoms with van der Waals surface area (Å²) in [5.74, 6) is 1.39. The molecule has 0 bridgehead atoms. The highest BCUT2D eigenvalue weighted by atomic mass is 16.5. The summed E-state index contributed by atoms with van der Waals surface area (Å²) in [4.78, 5) is 14.3. The van der Waals surface area contributed by atoms with Crippen LogP contribution >= 0.6 is 0 Å². The van der Waals surface area contributed by atoms with Crippen molar-refractivity contribution in [2.24, 2.45) is 5.92 Å². The van der Waals surface area contributed by atoms with Crippen LogP contribution in [-0.4, -0.2) is 48.3 Å². The standard InChI is InChI=1S/C15H23N3O3/c1-11(8-12-2-3-12)16-15(19)14-9-13(21-17-14)10-18-4-6-20-7-5-18/h9,11-12H,2-8,10H2,1H3,(H,16,19)/t11-/m1/s1. The van der Waals surface area contributed by atoms with Gasteiger partial charge in [0.1, 0.15) is 0 Å². The van der Waals surface area contributed by atoms with E-state index in [1.807, 2.05) is 6.92 Å². The summed E-state index contributed by atoms with van der Waals surface area (Å²) in [6.07, 6.45) is 3.66. The molecule has 0 unspecified atom stereocenters. The molecule has 1 saturated carbocycles. The van der Waals surface area contributed by atoms with Gasteiger partial charge in [-0.05, 0) is 19.3 Å². The zero-order chi connectivity index (χ0) is 14.7. The third-order valence-electron chi connectivity index (χ3n) is 4.04. The van der Waals surface area contributed by atoms with E-state index in [9.17, 15) is 4.79 Å². The Morgan fingerprint density at radius 1 is 1.48 bits per heavy atom. The number of carbonyl (C=O) groups is 1. The normalized spacial score (nSPS) is 21.2. The number of nitrogens with one attached hydrogen (secondary N) is 1. The highest BCUT2D eigenvalue weighted by Crippen LogP contribution is 2.33. The molecule has 2 fully saturated rings. The first-order valence-electron chi connectivity index (χ1n) is 7.77. The maximum absolute atomic E-state index is 12.1. The predicted octanol–water partition coefficient (Wildman–Crippen LogP) is 1.43. The van der Waals surface area contributed by atoms with Gasteiger partial charge in [0.15, 0.2) is 11.5 Å². The van der Waals surface area contributed by atoms with Crippen molar-refractivity contribution in [3.63, 3.8) is 0 Å². The molecule has 0 spiro atoms. The topological polar surface area (TPSA) is 67.6 Å². The minimum Gasteiger partial charge on any atom is -0.379 e. The van der Waals surface area contributed by atoms with Gasteiger partial charge in [-0.2, -0.15) is 0 Å². The van der Waals surface area contributed by atoms with Gasteiger partial charge in [-0.25, -0.2) is 0 Å². The number of morpholine rings is 1. The first-order chi connectivity index (χ1) is 10.2. The molecule has 6 heteroatoms. The van der Waals surface area contributed by atoms with Gasteiger partial charge < -0.3 is 14.6 Å². The van der Waals surface area contributed by atoms with Crippen molar-refractivity contribution in [1.29, 1.82) is 0 Å². The summed E-state index contributed by atoms with van der Waals surface area (Å²) in [5, 5.41) is 6.87. The van der Waals surface area contributed by atoms with Gasteiger partial charge in [-0.3, -0.25) is 9.69 Å². The number of hydrogen-bond donors (Lipinski definition) is 1. The Morgan fingerprint density at radius 3 is 2.95 bits per heavy atom. The lowest BCUT2D eigenvalue weighted by Gasteiger charge is -2.25. The van der Waals surface area contributed by atoms with Crippen molar-refractivity contribution >= 4 is 5.91 Å². The number of amides is 1. The molecular weight excluding hydrogens is 270 g/mol. The van der Waals surface area contributed by atoms with Crippen LogP contribution in [0.15, 0.2) is 10.6 Å². The Hall–Kier alpha value is -1.40. The van der Waals surface area contributed by atoms with Crippen molar-refractivity contribution < 1.29 is 14.1 Å². The summed E-state index contributed by atoms with van der Waals surface area (Å²) in [6.45, 7) is 6.01. The number of ether oxygens (including phenoxy) is 1. The van der Waals surface area contributed by atoms with Crippen LogP contribution in [0.1, 0.15) is 42.4 Å². The molecule has 1 aliphatic heterocycles. The van der Waals surface area contributed by atoms with Gasteiger partial charge >= 0.3 is 0 Å². The zero-order valence-corrected chi connectivity index (χ0v) is 12.5. The van der Waals surface area contributed by atoms with Crippen molar-refractivity contribution in [2.75, 3.05) is 26.3 Å². The van der Waals surface area contributed by atoms with Crippen LogP contribution in [-0.2, 0) is 11.3 Å². The van der Waals surface area contributed by atoms with E-state index < -0.39 is 0 Å². The van der Waals surface area contributed by atoms with Crippen LogP contribution < -0.4 is 5.32 Å². The van der Waals surface area contributed by atoms with Crippen LogP contribution in [0.25, 0.3) is 0 Å².